The van der Waals surface area contributed by atoms with Crippen molar-refractivity contribution in [2.75, 3.05) is 0 Å². The number of hydrogen-bond donors (Lipinski definition) is 1. The minimum absolute atomic E-state index is 0.576. The van der Waals surface area contributed by atoms with Crippen LogP contribution < -0.4 is 0 Å². The van der Waals surface area contributed by atoms with E-state index >= 15 is 0 Å². The van der Waals surface area contributed by atoms with E-state index < -0.39 is 11.9 Å². The summed E-state index contributed by atoms with van der Waals surface area (Å²) in [7, 11) is 0. The van der Waals surface area contributed by atoms with Crippen LogP contribution in [0.25, 0.3) is 0 Å². The summed E-state index contributed by atoms with van der Waals surface area (Å²) in [5.41, 5.74) is 0.576. The van der Waals surface area contributed by atoms with Gasteiger partial charge in [0.2, 0.25) is 0 Å². The van der Waals surface area contributed by atoms with Crippen molar-refractivity contribution in [3.63, 3.8) is 0 Å². The zero-order valence-corrected chi connectivity index (χ0v) is 6.77. The highest BCUT2D eigenvalue weighted by Gasteiger charge is 1.96. The van der Waals surface area contributed by atoms with Crippen LogP contribution >= 0.6 is 0 Å². The van der Waals surface area contributed by atoms with Crippen LogP contribution in [0.2, 0.25) is 0 Å². The van der Waals surface area contributed by atoms with Crippen molar-refractivity contribution < 1.29 is 19.5 Å². The minimum Gasteiger partial charge on any atom is -0.478 e. The first-order valence-electron chi connectivity index (χ1n) is 3.15. The summed E-state index contributed by atoms with van der Waals surface area (Å²) in [6, 6.07) is 0. The number of hydrogen-bond acceptors (Lipinski definition) is 4. The molecule has 0 spiro atoms. The van der Waals surface area contributed by atoms with E-state index in [0.29, 0.717) is 11.8 Å². The van der Waals surface area contributed by atoms with E-state index in [0.717, 1.165) is 6.08 Å². The highest BCUT2D eigenvalue weighted by molar-refractivity contribution is 5.91. The van der Waals surface area contributed by atoms with Gasteiger partial charge in [-0.1, -0.05) is 5.16 Å². The van der Waals surface area contributed by atoms with Gasteiger partial charge in [-0.25, -0.2) is 9.59 Å². The Bertz CT molecular complexity index is 238. The molecule has 0 aliphatic rings. The molecule has 0 saturated carbocycles. The van der Waals surface area contributed by atoms with Crippen LogP contribution in [-0.2, 0) is 14.4 Å². The Kier molecular flexibility index (Phi) is 4.36. The normalized spacial score (nSPS) is 9.50. The molecule has 0 unspecified atom stereocenters. The number of carboxylic acid groups (broad SMARTS) is 1. The standard InChI is InChI=1S/C7H9NO4/c1-5(2)8-12-7(11)4-3-6(9)10/h3-4H,1-2H3,(H,9,10)/b4-3-. The maximum atomic E-state index is 10.6. The minimum atomic E-state index is -1.20. The molecule has 0 aromatic heterocycles. The molecule has 0 amide bonds. The van der Waals surface area contributed by atoms with E-state index in [-0.39, 0.29) is 0 Å². The Labute approximate surface area is 69.3 Å². The van der Waals surface area contributed by atoms with E-state index in [2.05, 4.69) is 9.99 Å². The first-order valence-corrected chi connectivity index (χ1v) is 3.15. The van der Waals surface area contributed by atoms with Gasteiger partial charge in [0.15, 0.2) is 0 Å². The number of carbonyl (C=O) groups is 2. The number of rotatable bonds is 3. The number of carbonyl (C=O) groups excluding carboxylic acids is 1. The van der Waals surface area contributed by atoms with Gasteiger partial charge in [0.25, 0.3) is 0 Å². The summed E-state index contributed by atoms with van der Waals surface area (Å²) in [6.45, 7) is 3.29. The van der Waals surface area contributed by atoms with Crippen LogP contribution in [0.3, 0.4) is 0 Å². The second-order valence-corrected chi connectivity index (χ2v) is 2.12. The maximum absolute atomic E-state index is 10.6. The summed E-state index contributed by atoms with van der Waals surface area (Å²) >= 11 is 0. The number of carboxylic acids is 1. The predicted octanol–water partition coefficient (Wildman–Crippen LogP) is 0.566. The molecule has 5 nitrogen and oxygen atoms in total. The van der Waals surface area contributed by atoms with Crippen LogP contribution in [0.15, 0.2) is 17.3 Å². The topological polar surface area (TPSA) is 76.0 Å². The Balaban J connectivity index is 3.91. The van der Waals surface area contributed by atoms with Crippen molar-refractivity contribution in [1.29, 1.82) is 0 Å². The van der Waals surface area contributed by atoms with Crippen LogP contribution in [0, 0.1) is 0 Å². The van der Waals surface area contributed by atoms with Gasteiger partial charge in [-0.15, -0.1) is 0 Å². The zero-order chi connectivity index (χ0) is 9.56. The monoisotopic (exact) mass is 171 g/mol. The van der Waals surface area contributed by atoms with E-state index in [1.807, 2.05) is 0 Å². The Hall–Kier alpha value is -1.65. The molecule has 0 radical (unpaired) electrons. The predicted molar refractivity (Wildman–Crippen MR) is 41.7 cm³/mol. The molecule has 0 aliphatic carbocycles. The molecule has 0 aromatic carbocycles. The first kappa shape index (κ1) is 10.3. The lowest BCUT2D eigenvalue weighted by atomic mass is 10.5. The molecular weight excluding hydrogens is 162 g/mol. The summed E-state index contributed by atoms with van der Waals surface area (Å²) in [5, 5.41) is 11.4. The molecule has 0 atom stereocenters. The van der Waals surface area contributed by atoms with Crippen LogP contribution in [0.4, 0.5) is 0 Å². The van der Waals surface area contributed by atoms with Crippen molar-refractivity contribution >= 4 is 17.7 Å². The van der Waals surface area contributed by atoms with Crippen molar-refractivity contribution in [1.82, 2.24) is 0 Å². The highest BCUT2D eigenvalue weighted by atomic mass is 16.7. The van der Waals surface area contributed by atoms with E-state index in [1.54, 1.807) is 13.8 Å². The average molecular weight is 171 g/mol. The number of oxime groups is 1. The van der Waals surface area contributed by atoms with Gasteiger partial charge in [-0.2, -0.15) is 0 Å². The molecule has 0 fully saturated rings. The summed E-state index contributed by atoms with van der Waals surface area (Å²) in [6.07, 6.45) is 1.47. The van der Waals surface area contributed by atoms with Gasteiger partial charge in [0, 0.05) is 12.2 Å². The van der Waals surface area contributed by atoms with Crippen LogP contribution in [0.1, 0.15) is 13.8 Å². The van der Waals surface area contributed by atoms with Crippen molar-refractivity contribution in [3.8, 4) is 0 Å². The average Bonchev–Trinajstić information content (AvgIpc) is 1.96. The summed E-state index contributed by atoms with van der Waals surface area (Å²) in [4.78, 5) is 24.7. The smallest absolute Gasteiger partial charge is 0.358 e. The molecule has 5 heteroatoms. The van der Waals surface area contributed by atoms with Crippen molar-refractivity contribution in [3.05, 3.63) is 12.2 Å². The fourth-order valence-corrected chi connectivity index (χ4v) is 0.306. The zero-order valence-electron chi connectivity index (χ0n) is 6.77. The third kappa shape index (κ3) is 6.47. The molecule has 0 aliphatic heterocycles. The number of aliphatic carboxylic acids is 1. The number of nitrogens with zero attached hydrogens (tertiary/aromatic N) is 1. The third-order valence-electron chi connectivity index (χ3n) is 0.680. The molecule has 1 N–H and O–H groups in total. The van der Waals surface area contributed by atoms with Gasteiger partial charge in [0.1, 0.15) is 0 Å². The molecule has 0 heterocycles. The first-order chi connectivity index (χ1) is 5.52. The largest absolute Gasteiger partial charge is 0.478 e. The highest BCUT2D eigenvalue weighted by Crippen LogP contribution is 1.84. The molecule has 0 rings (SSSR count). The Morgan fingerprint density at radius 3 is 2.33 bits per heavy atom. The molecule has 12 heavy (non-hydrogen) atoms. The summed E-state index contributed by atoms with van der Waals surface area (Å²) < 4.78 is 0. The van der Waals surface area contributed by atoms with E-state index in [4.69, 9.17) is 5.11 Å². The second kappa shape index (κ2) is 5.06. The Morgan fingerprint density at radius 2 is 1.92 bits per heavy atom. The SMILES string of the molecule is CC(C)=NOC(=O)/C=C\C(=O)O. The lowest BCUT2D eigenvalue weighted by Crippen LogP contribution is -1.98. The molecule has 0 bridgehead atoms. The quantitative estimate of drug-likeness (QED) is 0.291. The second-order valence-electron chi connectivity index (χ2n) is 2.12. The molecule has 66 valence electrons. The van der Waals surface area contributed by atoms with Crippen molar-refractivity contribution in [2.24, 2.45) is 5.16 Å². The third-order valence-corrected chi connectivity index (χ3v) is 0.680. The van der Waals surface area contributed by atoms with Crippen molar-refractivity contribution in [2.45, 2.75) is 13.8 Å². The fraction of sp³-hybridized carbons (Fsp3) is 0.286. The molecular formula is C7H9NO4. The van der Waals surface area contributed by atoms with Crippen LogP contribution in [0.5, 0.6) is 0 Å². The Morgan fingerprint density at radius 1 is 1.33 bits per heavy atom. The maximum Gasteiger partial charge on any atom is 0.358 e. The van der Waals surface area contributed by atoms with E-state index in [1.165, 1.54) is 0 Å². The van der Waals surface area contributed by atoms with Gasteiger partial charge in [-0.05, 0) is 13.8 Å². The van der Waals surface area contributed by atoms with Crippen LogP contribution in [-0.4, -0.2) is 22.8 Å². The van der Waals surface area contributed by atoms with Gasteiger partial charge < -0.3 is 9.94 Å². The van der Waals surface area contributed by atoms with Gasteiger partial charge in [-0.3, -0.25) is 0 Å². The van der Waals surface area contributed by atoms with Gasteiger partial charge >= 0.3 is 11.9 Å². The van der Waals surface area contributed by atoms with E-state index in [9.17, 15) is 9.59 Å². The molecule has 0 aromatic rings. The lowest BCUT2D eigenvalue weighted by molar-refractivity contribution is -0.138. The summed E-state index contributed by atoms with van der Waals surface area (Å²) in [5.74, 6) is -2.01. The fourth-order valence-electron chi connectivity index (χ4n) is 0.306. The lowest BCUT2D eigenvalue weighted by Gasteiger charge is -1.90. The molecule has 0 saturated heterocycles. The van der Waals surface area contributed by atoms with Gasteiger partial charge in [0.05, 0.1) is 5.71 Å².